The first-order chi connectivity index (χ1) is 17.9. The largest absolute Gasteiger partial charge is 0.508 e. The lowest BCUT2D eigenvalue weighted by Crippen LogP contribution is -2.08. The fraction of sp³-hybridized carbons (Fsp3) is 0. The van der Waals surface area contributed by atoms with E-state index < -0.39 is 11.9 Å². The minimum absolute atomic E-state index is 0.00394. The molecule has 0 bridgehead atoms. The molecule has 9 nitrogen and oxygen atoms in total. The quantitative estimate of drug-likeness (QED) is 0.240. The van der Waals surface area contributed by atoms with Crippen LogP contribution in [0.25, 0.3) is 22.9 Å². The summed E-state index contributed by atoms with van der Waals surface area (Å²) in [7, 11) is 0. The molecule has 0 aliphatic carbocycles. The van der Waals surface area contributed by atoms with Gasteiger partial charge in [0.05, 0.1) is 11.1 Å². The van der Waals surface area contributed by atoms with E-state index in [9.17, 15) is 19.8 Å². The minimum atomic E-state index is -0.578. The van der Waals surface area contributed by atoms with Gasteiger partial charge < -0.3 is 24.1 Å². The first-order valence-corrected chi connectivity index (χ1v) is 11.0. The molecule has 0 radical (unpaired) electrons. The van der Waals surface area contributed by atoms with Crippen molar-refractivity contribution in [2.75, 3.05) is 0 Å². The number of hydrogen-bond acceptors (Lipinski definition) is 9. The lowest BCUT2D eigenvalue weighted by Gasteiger charge is -2.05. The van der Waals surface area contributed by atoms with Crippen LogP contribution >= 0.6 is 0 Å². The molecule has 0 amide bonds. The zero-order valence-electron chi connectivity index (χ0n) is 19.1. The molecule has 2 N–H and O–H groups in total. The van der Waals surface area contributed by atoms with Gasteiger partial charge in [-0.1, -0.05) is 12.1 Å². The van der Waals surface area contributed by atoms with Gasteiger partial charge in [-0.15, -0.1) is 10.2 Å². The maximum atomic E-state index is 12.4. The Labute approximate surface area is 210 Å². The molecule has 182 valence electrons. The average molecular weight is 494 g/mol. The molecule has 1 heterocycles. The van der Waals surface area contributed by atoms with Crippen molar-refractivity contribution in [3.63, 3.8) is 0 Å². The smallest absolute Gasteiger partial charge is 0.343 e. The second-order valence-electron chi connectivity index (χ2n) is 7.84. The first-order valence-electron chi connectivity index (χ1n) is 11.0. The van der Waals surface area contributed by atoms with E-state index in [0.717, 1.165) is 0 Å². The summed E-state index contributed by atoms with van der Waals surface area (Å²) in [5.41, 5.74) is 1.80. The second kappa shape index (κ2) is 10.0. The van der Waals surface area contributed by atoms with Gasteiger partial charge in [0.25, 0.3) is 0 Å². The van der Waals surface area contributed by atoms with Crippen LogP contribution in [0.1, 0.15) is 20.7 Å². The van der Waals surface area contributed by atoms with Gasteiger partial charge in [0.15, 0.2) is 0 Å². The Morgan fingerprint density at radius 1 is 0.595 bits per heavy atom. The summed E-state index contributed by atoms with van der Waals surface area (Å²) in [6, 6.07) is 24.8. The summed E-state index contributed by atoms with van der Waals surface area (Å²) >= 11 is 0. The van der Waals surface area contributed by atoms with Crippen molar-refractivity contribution in [3.05, 3.63) is 108 Å². The van der Waals surface area contributed by atoms with E-state index in [-0.39, 0.29) is 34.8 Å². The van der Waals surface area contributed by atoms with Crippen LogP contribution in [0.5, 0.6) is 23.0 Å². The Balaban J connectivity index is 1.25. The maximum absolute atomic E-state index is 12.4. The number of nitrogens with zero attached hydrogens (tertiary/aromatic N) is 2. The van der Waals surface area contributed by atoms with Crippen molar-refractivity contribution >= 4 is 11.9 Å². The van der Waals surface area contributed by atoms with Crippen LogP contribution in [0.4, 0.5) is 0 Å². The zero-order chi connectivity index (χ0) is 25.8. The predicted molar refractivity (Wildman–Crippen MR) is 131 cm³/mol. The molecule has 1 aromatic heterocycles. The van der Waals surface area contributed by atoms with Gasteiger partial charge in [-0.2, -0.15) is 0 Å². The summed E-state index contributed by atoms with van der Waals surface area (Å²) in [6.45, 7) is 0. The number of benzene rings is 4. The highest BCUT2D eigenvalue weighted by atomic mass is 16.5. The Kier molecular flexibility index (Phi) is 6.33. The molecule has 0 aliphatic rings. The highest BCUT2D eigenvalue weighted by molar-refractivity contribution is 5.92. The van der Waals surface area contributed by atoms with Gasteiger partial charge in [-0.3, -0.25) is 0 Å². The number of ether oxygens (including phenoxy) is 2. The fourth-order valence-electron chi connectivity index (χ4n) is 3.38. The summed E-state index contributed by atoms with van der Waals surface area (Å²) in [4.78, 5) is 24.7. The number of carbonyl (C=O) groups excluding carboxylic acids is 2. The average Bonchev–Trinajstić information content (AvgIpc) is 3.39. The van der Waals surface area contributed by atoms with Crippen molar-refractivity contribution in [1.29, 1.82) is 0 Å². The van der Waals surface area contributed by atoms with E-state index in [1.54, 1.807) is 72.8 Å². The summed E-state index contributed by atoms with van der Waals surface area (Å²) in [6.07, 6.45) is 0. The van der Waals surface area contributed by atoms with Gasteiger partial charge in [0.1, 0.15) is 23.0 Å². The van der Waals surface area contributed by atoms with Gasteiger partial charge >= 0.3 is 11.9 Å². The van der Waals surface area contributed by atoms with E-state index in [4.69, 9.17) is 13.9 Å². The number of esters is 2. The van der Waals surface area contributed by atoms with E-state index in [2.05, 4.69) is 10.2 Å². The molecule has 0 atom stereocenters. The number of hydrogen-bond donors (Lipinski definition) is 2. The Morgan fingerprint density at radius 3 is 1.38 bits per heavy atom. The lowest BCUT2D eigenvalue weighted by atomic mass is 10.1. The number of carbonyl (C=O) groups is 2. The topological polar surface area (TPSA) is 132 Å². The first kappa shape index (κ1) is 23.3. The standard InChI is InChI=1S/C28H18N2O7/c31-21-3-1-5-23(15-21)35-27(33)19-11-7-17(8-12-19)25-29-30-26(37-25)18-9-13-20(14-10-18)28(34)36-24-6-2-4-22(32)16-24/h1-16,31-32H. The van der Waals surface area contributed by atoms with E-state index >= 15 is 0 Å². The highest BCUT2D eigenvalue weighted by Crippen LogP contribution is 2.26. The van der Waals surface area contributed by atoms with Crippen molar-refractivity contribution in [2.45, 2.75) is 0 Å². The fourth-order valence-corrected chi connectivity index (χ4v) is 3.38. The third-order valence-electron chi connectivity index (χ3n) is 5.22. The van der Waals surface area contributed by atoms with Crippen molar-refractivity contribution in [2.24, 2.45) is 0 Å². The van der Waals surface area contributed by atoms with E-state index in [0.29, 0.717) is 22.3 Å². The number of aromatic hydroxyl groups is 2. The Morgan fingerprint density at radius 2 is 1.00 bits per heavy atom. The Bertz CT molecular complexity index is 1460. The number of rotatable bonds is 6. The minimum Gasteiger partial charge on any atom is -0.508 e. The lowest BCUT2D eigenvalue weighted by molar-refractivity contribution is 0.0725. The van der Waals surface area contributed by atoms with Crippen LogP contribution in [0.3, 0.4) is 0 Å². The summed E-state index contributed by atoms with van der Waals surface area (Å²) in [5.74, 6) is -0.210. The summed E-state index contributed by atoms with van der Waals surface area (Å²) < 4.78 is 16.3. The number of phenolic OH excluding ortho intramolecular Hbond substituents is 2. The molecular formula is C28H18N2O7. The molecule has 0 fully saturated rings. The molecule has 37 heavy (non-hydrogen) atoms. The molecular weight excluding hydrogens is 476 g/mol. The number of aromatic nitrogens is 2. The van der Waals surface area contributed by atoms with Gasteiger partial charge in [-0.05, 0) is 72.8 Å². The molecule has 0 spiro atoms. The second-order valence-corrected chi connectivity index (χ2v) is 7.84. The molecule has 0 unspecified atom stereocenters. The molecule has 4 aromatic carbocycles. The van der Waals surface area contributed by atoms with E-state index in [1.807, 2.05) is 0 Å². The maximum Gasteiger partial charge on any atom is 0.343 e. The SMILES string of the molecule is O=C(Oc1cccc(O)c1)c1ccc(-c2nnc(-c3ccc(C(=O)Oc4cccc(O)c4)cc3)o2)cc1. The Hall–Kier alpha value is -5.44. The molecule has 9 heteroatoms. The summed E-state index contributed by atoms with van der Waals surface area (Å²) in [5, 5.41) is 27.1. The van der Waals surface area contributed by atoms with Gasteiger partial charge in [-0.25, -0.2) is 9.59 Å². The third kappa shape index (κ3) is 5.46. The van der Waals surface area contributed by atoms with Gasteiger partial charge in [0, 0.05) is 23.3 Å². The van der Waals surface area contributed by atoms with Gasteiger partial charge in [0.2, 0.25) is 11.8 Å². The number of phenols is 2. The van der Waals surface area contributed by atoms with Crippen LogP contribution in [0, 0.1) is 0 Å². The van der Waals surface area contributed by atoms with Crippen molar-refractivity contribution in [3.8, 4) is 45.9 Å². The van der Waals surface area contributed by atoms with Crippen LogP contribution < -0.4 is 9.47 Å². The highest BCUT2D eigenvalue weighted by Gasteiger charge is 2.15. The third-order valence-corrected chi connectivity index (χ3v) is 5.22. The van der Waals surface area contributed by atoms with Crippen LogP contribution in [-0.4, -0.2) is 32.3 Å². The molecule has 0 aliphatic heterocycles. The van der Waals surface area contributed by atoms with E-state index in [1.165, 1.54) is 24.3 Å². The molecule has 5 aromatic rings. The van der Waals surface area contributed by atoms with Crippen LogP contribution in [0.15, 0.2) is 101 Å². The van der Waals surface area contributed by atoms with Crippen LogP contribution in [0.2, 0.25) is 0 Å². The van der Waals surface area contributed by atoms with Crippen molar-refractivity contribution < 1.29 is 33.7 Å². The molecule has 0 saturated heterocycles. The molecule has 0 saturated carbocycles. The zero-order valence-corrected chi connectivity index (χ0v) is 19.1. The monoisotopic (exact) mass is 494 g/mol. The van der Waals surface area contributed by atoms with Crippen LogP contribution in [-0.2, 0) is 0 Å². The normalized spacial score (nSPS) is 10.6. The molecule has 5 rings (SSSR count). The predicted octanol–water partition coefficient (Wildman–Crippen LogP) is 5.25. The van der Waals surface area contributed by atoms with Crippen molar-refractivity contribution in [1.82, 2.24) is 10.2 Å².